The van der Waals surface area contributed by atoms with E-state index >= 15 is 0 Å². The number of piperazine rings is 1. The molecule has 0 amide bonds. The number of hydrogen-bond acceptors (Lipinski definition) is 7. The van der Waals surface area contributed by atoms with Crippen LogP contribution in [0.15, 0.2) is 53.6 Å². The molecule has 0 spiro atoms. The average Bonchev–Trinajstić information content (AvgIpc) is 3.39. The number of anilines is 3. The number of aromatic nitrogens is 5. The molecule has 0 unspecified atom stereocenters. The summed E-state index contributed by atoms with van der Waals surface area (Å²) < 4.78 is 3.26. The van der Waals surface area contributed by atoms with Crippen LogP contribution in [-0.4, -0.2) is 61.9 Å². The van der Waals surface area contributed by atoms with E-state index in [9.17, 15) is 4.79 Å². The van der Waals surface area contributed by atoms with E-state index < -0.39 is 0 Å². The molecule has 1 aromatic carbocycles. The summed E-state index contributed by atoms with van der Waals surface area (Å²) >= 11 is 0. The van der Waals surface area contributed by atoms with Gasteiger partial charge in [0, 0.05) is 61.9 Å². The fourth-order valence-corrected chi connectivity index (χ4v) is 4.51. The van der Waals surface area contributed by atoms with E-state index in [1.54, 1.807) is 27.7 Å². The Balaban J connectivity index is 1.42. The molecule has 1 saturated heterocycles. The number of likely N-dealkylation sites (N-methyl/N-ethyl adjacent to an activating group) is 1. The van der Waals surface area contributed by atoms with E-state index in [1.165, 1.54) is 5.69 Å². The van der Waals surface area contributed by atoms with Crippen LogP contribution in [-0.2, 0) is 6.54 Å². The van der Waals surface area contributed by atoms with Crippen LogP contribution >= 0.6 is 0 Å². The Hall–Kier alpha value is -3.72. The molecule has 4 aromatic rings. The standard InChI is InChI=1S/C25H30N8O/c1-4-30-13-15-31(16-14-30)20-9-7-19(8-10-20)28-25-27-18(3)21-17-22(33-12-6-11-26-33)24(34)32(5-2)23(21)29-25/h6-12,17H,4-5,13-16H2,1-3H3,(H,27,28,29). The molecule has 0 atom stereocenters. The van der Waals surface area contributed by atoms with Crippen LogP contribution in [0, 0.1) is 6.92 Å². The molecule has 176 valence electrons. The minimum atomic E-state index is -0.129. The third kappa shape index (κ3) is 4.14. The van der Waals surface area contributed by atoms with E-state index in [4.69, 9.17) is 4.98 Å². The normalized spacial score (nSPS) is 14.6. The van der Waals surface area contributed by atoms with E-state index in [0.29, 0.717) is 23.8 Å². The topological polar surface area (TPSA) is 84.1 Å². The quantitative estimate of drug-likeness (QED) is 0.475. The highest BCUT2D eigenvalue weighted by atomic mass is 16.1. The van der Waals surface area contributed by atoms with Crippen LogP contribution < -0.4 is 15.8 Å². The largest absolute Gasteiger partial charge is 0.369 e. The van der Waals surface area contributed by atoms with Crippen molar-refractivity contribution in [3.05, 3.63) is 64.8 Å². The molecule has 3 aromatic heterocycles. The van der Waals surface area contributed by atoms with E-state index in [2.05, 4.69) is 56.4 Å². The van der Waals surface area contributed by atoms with Gasteiger partial charge in [0.15, 0.2) is 0 Å². The Morgan fingerprint density at radius 3 is 2.41 bits per heavy atom. The molecular weight excluding hydrogens is 428 g/mol. The maximum Gasteiger partial charge on any atom is 0.278 e. The maximum atomic E-state index is 13.1. The Morgan fingerprint density at radius 1 is 1.00 bits per heavy atom. The van der Waals surface area contributed by atoms with E-state index in [-0.39, 0.29) is 5.56 Å². The number of hydrogen-bond donors (Lipinski definition) is 1. The zero-order valence-electron chi connectivity index (χ0n) is 19.9. The molecule has 4 heterocycles. The first-order valence-electron chi connectivity index (χ1n) is 11.8. The van der Waals surface area contributed by atoms with Crippen LogP contribution in [0.5, 0.6) is 0 Å². The number of aryl methyl sites for hydroxylation is 2. The summed E-state index contributed by atoms with van der Waals surface area (Å²) in [5.41, 5.74) is 3.91. The molecular formula is C25H30N8O. The molecule has 1 aliphatic rings. The monoisotopic (exact) mass is 458 g/mol. The lowest BCUT2D eigenvalue weighted by atomic mass is 10.2. The average molecular weight is 459 g/mol. The van der Waals surface area contributed by atoms with Crippen molar-refractivity contribution in [1.29, 1.82) is 0 Å². The minimum absolute atomic E-state index is 0.129. The van der Waals surface area contributed by atoms with Gasteiger partial charge in [-0.2, -0.15) is 10.1 Å². The van der Waals surface area contributed by atoms with Crippen LogP contribution in [0.25, 0.3) is 16.7 Å². The minimum Gasteiger partial charge on any atom is -0.369 e. The summed E-state index contributed by atoms with van der Waals surface area (Å²) in [7, 11) is 0. The van der Waals surface area contributed by atoms with Gasteiger partial charge in [-0.15, -0.1) is 0 Å². The van der Waals surface area contributed by atoms with Gasteiger partial charge in [0.1, 0.15) is 11.3 Å². The Kier molecular flexibility index (Phi) is 6.02. The molecule has 5 rings (SSSR count). The summed E-state index contributed by atoms with van der Waals surface area (Å²) in [5, 5.41) is 8.37. The SMILES string of the molecule is CCN1CCN(c2ccc(Nc3nc(C)c4cc(-n5cccn5)c(=O)n(CC)c4n3)cc2)CC1. The number of fused-ring (bicyclic) bond motifs is 1. The molecule has 1 N–H and O–H groups in total. The van der Waals surface area contributed by atoms with Crippen LogP contribution in [0.2, 0.25) is 0 Å². The second-order valence-electron chi connectivity index (χ2n) is 8.49. The molecule has 1 aliphatic heterocycles. The summed E-state index contributed by atoms with van der Waals surface area (Å²) in [6.45, 7) is 12.0. The van der Waals surface area contributed by atoms with Crippen molar-refractivity contribution in [3.63, 3.8) is 0 Å². The van der Waals surface area contributed by atoms with Crippen LogP contribution in [0.3, 0.4) is 0 Å². The van der Waals surface area contributed by atoms with Crippen molar-refractivity contribution in [2.45, 2.75) is 27.3 Å². The van der Waals surface area contributed by atoms with Gasteiger partial charge in [-0.3, -0.25) is 9.36 Å². The summed E-state index contributed by atoms with van der Waals surface area (Å²) in [6, 6.07) is 12.0. The lowest BCUT2D eigenvalue weighted by Crippen LogP contribution is -2.46. The molecule has 0 radical (unpaired) electrons. The number of pyridine rings is 1. The Labute approximate surface area is 198 Å². The second-order valence-corrected chi connectivity index (χ2v) is 8.49. The maximum absolute atomic E-state index is 13.1. The Morgan fingerprint density at radius 2 is 1.76 bits per heavy atom. The predicted molar refractivity (Wildman–Crippen MR) is 135 cm³/mol. The molecule has 0 bridgehead atoms. The molecule has 9 nitrogen and oxygen atoms in total. The van der Waals surface area contributed by atoms with Gasteiger partial charge in [0.2, 0.25) is 5.95 Å². The zero-order chi connectivity index (χ0) is 23.7. The number of benzene rings is 1. The fourth-order valence-electron chi connectivity index (χ4n) is 4.51. The highest BCUT2D eigenvalue weighted by molar-refractivity contribution is 5.81. The lowest BCUT2D eigenvalue weighted by molar-refractivity contribution is 0.271. The van der Waals surface area contributed by atoms with Crippen molar-refractivity contribution in [2.24, 2.45) is 0 Å². The molecule has 0 saturated carbocycles. The van der Waals surface area contributed by atoms with Crippen molar-refractivity contribution in [2.75, 3.05) is 42.9 Å². The van der Waals surface area contributed by atoms with Crippen molar-refractivity contribution in [1.82, 2.24) is 29.2 Å². The first-order chi connectivity index (χ1) is 16.6. The van der Waals surface area contributed by atoms with Crippen LogP contribution in [0.4, 0.5) is 17.3 Å². The molecule has 9 heteroatoms. The van der Waals surface area contributed by atoms with Gasteiger partial charge in [0.25, 0.3) is 5.56 Å². The molecule has 1 fully saturated rings. The van der Waals surface area contributed by atoms with Gasteiger partial charge >= 0.3 is 0 Å². The van der Waals surface area contributed by atoms with Crippen molar-refractivity contribution >= 4 is 28.4 Å². The predicted octanol–water partition coefficient (Wildman–Crippen LogP) is 3.19. The first-order valence-corrected chi connectivity index (χ1v) is 11.8. The van der Waals surface area contributed by atoms with E-state index in [0.717, 1.165) is 49.5 Å². The number of rotatable bonds is 6. The van der Waals surface area contributed by atoms with Gasteiger partial charge in [-0.1, -0.05) is 6.92 Å². The summed E-state index contributed by atoms with van der Waals surface area (Å²) in [4.78, 5) is 27.4. The van der Waals surface area contributed by atoms with Crippen molar-refractivity contribution < 1.29 is 0 Å². The fraction of sp³-hybridized carbons (Fsp3) is 0.360. The zero-order valence-corrected chi connectivity index (χ0v) is 19.9. The van der Waals surface area contributed by atoms with Gasteiger partial charge in [-0.25, -0.2) is 9.67 Å². The van der Waals surface area contributed by atoms with Gasteiger partial charge in [-0.05, 0) is 56.8 Å². The lowest BCUT2D eigenvalue weighted by Gasteiger charge is -2.35. The third-order valence-electron chi connectivity index (χ3n) is 6.49. The Bertz CT molecular complexity index is 1340. The third-order valence-corrected chi connectivity index (χ3v) is 6.49. The van der Waals surface area contributed by atoms with Crippen LogP contribution in [0.1, 0.15) is 19.5 Å². The van der Waals surface area contributed by atoms with Gasteiger partial charge < -0.3 is 15.1 Å². The molecule has 34 heavy (non-hydrogen) atoms. The second kappa shape index (κ2) is 9.26. The molecule has 0 aliphatic carbocycles. The summed E-state index contributed by atoms with van der Waals surface area (Å²) in [6.07, 6.45) is 3.43. The highest BCUT2D eigenvalue weighted by Crippen LogP contribution is 2.23. The van der Waals surface area contributed by atoms with Gasteiger partial charge in [0.05, 0.1) is 5.69 Å². The first kappa shape index (κ1) is 22.1. The van der Waals surface area contributed by atoms with E-state index in [1.807, 2.05) is 19.9 Å². The summed E-state index contributed by atoms with van der Waals surface area (Å²) in [5.74, 6) is 0.475. The smallest absolute Gasteiger partial charge is 0.278 e. The highest BCUT2D eigenvalue weighted by Gasteiger charge is 2.17. The number of nitrogens with one attached hydrogen (secondary N) is 1. The van der Waals surface area contributed by atoms with Crippen molar-refractivity contribution in [3.8, 4) is 5.69 Å². The number of nitrogens with zero attached hydrogens (tertiary/aromatic N) is 7.